The SMILES string of the molecule is CC(C)CC(CC(C)C)O[SiH2]c1cccs1. The van der Waals surface area contributed by atoms with Crippen LogP contribution in [0.1, 0.15) is 40.5 Å². The lowest BCUT2D eigenvalue weighted by Crippen LogP contribution is -2.25. The molecule has 16 heavy (non-hydrogen) atoms. The molecule has 0 aliphatic rings. The second-order valence-electron chi connectivity index (χ2n) is 5.27. The number of hydrogen-bond acceptors (Lipinski definition) is 2. The quantitative estimate of drug-likeness (QED) is 0.682. The minimum Gasteiger partial charge on any atom is -0.415 e. The molecular formula is C13H24OSSi. The standard InChI is InChI=1S/C13H24OSSi/c1-10(2)8-12(9-11(3)4)14-16-13-6-5-7-15-13/h5-7,10-12H,8-9,16H2,1-4H3. The highest BCUT2D eigenvalue weighted by Gasteiger charge is 2.13. The zero-order chi connectivity index (χ0) is 12.0. The Morgan fingerprint density at radius 3 is 2.25 bits per heavy atom. The predicted molar refractivity (Wildman–Crippen MR) is 76.3 cm³/mol. The van der Waals surface area contributed by atoms with E-state index in [0.717, 1.165) is 11.8 Å². The average molecular weight is 256 g/mol. The van der Waals surface area contributed by atoms with Crippen LogP contribution in [0.3, 0.4) is 0 Å². The van der Waals surface area contributed by atoms with E-state index in [2.05, 4.69) is 45.2 Å². The van der Waals surface area contributed by atoms with Gasteiger partial charge in [0.1, 0.15) is 0 Å². The van der Waals surface area contributed by atoms with E-state index >= 15 is 0 Å². The summed E-state index contributed by atoms with van der Waals surface area (Å²) < 4.78 is 7.63. The van der Waals surface area contributed by atoms with Crippen LogP contribution in [0.25, 0.3) is 0 Å². The Labute approximate surface area is 106 Å². The van der Waals surface area contributed by atoms with Gasteiger partial charge in [-0.1, -0.05) is 39.8 Å². The monoisotopic (exact) mass is 256 g/mol. The van der Waals surface area contributed by atoms with E-state index < -0.39 is 9.76 Å². The van der Waals surface area contributed by atoms with Crippen LogP contribution in [0.4, 0.5) is 0 Å². The maximum absolute atomic E-state index is 6.16. The molecule has 0 saturated heterocycles. The lowest BCUT2D eigenvalue weighted by Gasteiger charge is -2.21. The second-order valence-corrected chi connectivity index (χ2v) is 8.20. The van der Waals surface area contributed by atoms with Gasteiger partial charge >= 0.3 is 0 Å². The fourth-order valence-electron chi connectivity index (χ4n) is 1.88. The van der Waals surface area contributed by atoms with E-state index in [1.807, 2.05) is 11.3 Å². The maximum Gasteiger partial charge on any atom is 0.203 e. The minimum atomic E-state index is -0.484. The smallest absolute Gasteiger partial charge is 0.203 e. The largest absolute Gasteiger partial charge is 0.415 e. The van der Waals surface area contributed by atoms with E-state index in [-0.39, 0.29) is 0 Å². The third-order valence-corrected chi connectivity index (χ3v) is 5.25. The second kappa shape index (κ2) is 7.25. The van der Waals surface area contributed by atoms with Crippen LogP contribution in [-0.2, 0) is 4.43 Å². The van der Waals surface area contributed by atoms with Crippen molar-refractivity contribution < 1.29 is 4.43 Å². The topological polar surface area (TPSA) is 9.23 Å². The molecule has 0 amide bonds. The first-order valence-corrected chi connectivity index (χ1v) is 8.38. The van der Waals surface area contributed by atoms with Gasteiger partial charge in [0, 0.05) is 10.6 Å². The number of hydrogen-bond donors (Lipinski definition) is 0. The minimum absolute atomic E-state index is 0.480. The van der Waals surface area contributed by atoms with Gasteiger partial charge in [-0.3, -0.25) is 0 Å². The summed E-state index contributed by atoms with van der Waals surface area (Å²) in [5.74, 6) is 1.47. The molecule has 0 atom stereocenters. The third kappa shape index (κ3) is 5.82. The first kappa shape index (κ1) is 13.9. The van der Waals surface area contributed by atoms with Crippen LogP contribution in [0.2, 0.25) is 0 Å². The van der Waals surface area contributed by atoms with Crippen LogP contribution in [0.5, 0.6) is 0 Å². The molecule has 0 aliphatic heterocycles. The molecule has 1 heterocycles. The fourth-order valence-corrected chi connectivity index (χ4v) is 4.04. The van der Waals surface area contributed by atoms with Crippen molar-refractivity contribution >= 4 is 25.6 Å². The first-order valence-electron chi connectivity index (χ1n) is 6.22. The van der Waals surface area contributed by atoms with Crippen molar-refractivity contribution in [1.29, 1.82) is 0 Å². The molecule has 92 valence electrons. The highest BCUT2D eigenvalue weighted by molar-refractivity contribution is 7.19. The Kier molecular flexibility index (Phi) is 6.32. The van der Waals surface area contributed by atoms with E-state index in [1.54, 1.807) is 0 Å². The normalized spacial score (nSPS) is 12.7. The Morgan fingerprint density at radius 2 is 1.81 bits per heavy atom. The van der Waals surface area contributed by atoms with Crippen LogP contribution >= 0.6 is 11.3 Å². The Hall–Kier alpha value is -0.123. The van der Waals surface area contributed by atoms with Crippen molar-refractivity contribution in [3.8, 4) is 0 Å². The molecule has 0 N–H and O–H groups in total. The lowest BCUT2D eigenvalue weighted by atomic mass is 9.98. The van der Waals surface area contributed by atoms with Crippen molar-refractivity contribution in [2.75, 3.05) is 0 Å². The Bertz CT molecular complexity index is 259. The molecule has 0 radical (unpaired) electrons. The lowest BCUT2D eigenvalue weighted by molar-refractivity contribution is 0.160. The number of rotatable bonds is 7. The first-order chi connectivity index (χ1) is 7.58. The van der Waals surface area contributed by atoms with E-state index in [4.69, 9.17) is 4.43 Å². The fraction of sp³-hybridized carbons (Fsp3) is 0.692. The zero-order valence-electron chi connectivity index (χ0n) is 10.9. The Balaban J connectivity index is 2.37. The van der Waals surface area contributed by atoms with Crippen molar-refractivity contribution in [1.82, 2.24) is 0 Å². The summed E-state index contributed by atoms with van der Waals surface area (Å²) in [7, 11) is -0.484. The summed E-state index contributed by atoms with van der Waals surface area (Å²) in [6.45, 7) is 9.12. The zero-order valence-corrected chi connectivity index (χ0v) is 13.1. The average Bonchev–Trinajstić information content (AvgIpc) is 2.64. The molecule has 0 aliphatic carbocycles. The van der Waals surface area contributed by atoms with E-state index in [1.165, 1.54) is 17.3 Å². The molecule has 1 aromatic rings. The van der Waals surface area contributed by atoms with Gasteiger partial charge < -0.3 is 4.43 Å². The molecule has 0 unspecified atom stereocenters. The van der Waals surface area contributed by atoms with Gasteiger partial charge in [0.15, 0.2) is 0 Å². The summed E-state index contributed by atoms with van der Waals surface area (Å²) in [6, 6.07) is 4.33. The van der Waals surface area contributed by atoms with Crippen molar-refractivity contribution in [2.24, 2.45) is 11.8 Å². The molecule has 0 aromatic carbocycles. The summed E-state index contributed by atoms with van der Waals surface area (Å²) >= 11 is 1.84. The van der Waals surface area contributed by atoms with Crippen LogP contribution < -0.4 is 4.50 Å². The maximum atomic E-state index is 6.16. The molecule has 0 bridgehead atoms. The highest BCUT2D eigenvalue weighted by Crippen LogP contribution is 2.16. The molecule has 0 saturated carbocycles. The van der Waals surface area contributed by atoms with Gasteiger partial charge in [-0.25, -0.2) is 0 Å². The summed E-state index contributed by atoms with van der Waals surface area (Å²) in [5, 5.41) is 2.14. The molecular weight excluding hydrogens is 232 g/mol. The van der Waals surface area contributed by atoms with Crippen LogP contribution in [0, 0.1) is 11.8 Å². The Morgan fingerprint density at radius 1 is 1.19 bits per heavy atom. The van der Waals surface area contributed by atoms with Crippen LogP contribution in [-0.4, -0.2) is 15.9 Å². The summed E-state index contributed by atoms with van der Waals surface area (Å²) in [5.41, 5.74) is 0. The summed E-state index contributed by atoms with van der Waals surface area (Å²) in [4.78, 5) is 0. The molecule has 0 fully saturated rings. The van der Waals surface area contributed by atoms with Gasteiger partial charge in [-0.2, -0.15) is 11.3 Å². The van der Waals surface area contributed by atoms with Gasteiger partial charge in [-0.05, 0) is 30.1 Å². The van der Waals surface area contributed by atoms with E-state index in [0.29, 0.717) is 6.10 Å². The highest BCUT2D eigenvalue weighted by atomic mass is 32.1. The van der Waals surface area contributed by atoms with Gasteiger partial charge in [-0.15, -0.1) is 0 Å². The van der Waals surface area contributed by atoms with Crippen molar-refractivity contribution in [3.05, 3.63) is 17.5 Å². The molecule has 0 spiro atoms. The van der Waals surface area contributed by atoms with Crippen LogP contribution in [0.15, 0.2) is 17.5 Å². The van der Waals surface area contributed by atoms with Gasteiger partial charge in [0.2, 0.25) is 9.76 Å². The van der Waals surface area contributed by atoms with Crippen molar-refractivity contribution in [3.63, 3.8) is 0 Å². The molecule has 1 rings (SSSR count). The molecule has 3 heteroatoms. The summed E-state index contributed by atoms with van der Waals surface area (Å²) in [6.07, 6.45) is 2.89. The predicted octanol–water partition coefficient (Wildman–Crippen LogP) is 2.93. The van der Waals surface area contributed by atoms with Gasteiger partial charge in [0.05, 0.1) is 0 Å². The van der Waals surface area contributed by atoms with Crippen molar-refractivity contribution in [2.45, 2.75) is 46.6 Å². The number of thiophene rings is 1. The van der Waals surface area contributed by atoms with Gasteiger partial charge in [0.25, 0.3) is 0 Å². The third-order valence-electron chi connectivity index (χ3n) is 2.51. The molecule has 1 aromatic heterocycles. The van der Waals surface area contributed by atoms with E-state index in [9.17, 15) is 0 Å². The molecule has 1 nitrogen and oxygen atoms in total.